The highest BCUT2D eigenvalue weighted by atomic mass is 16.3. The van der Waals surface area contributed by atoms with Crippen molar-refractivity contribution in [2.75, 3.05) is 19.8 Å². The molecule has 0 aliphatic rings. The average molecular weight is 352 g/mol. The summed E-state index contributed by atoms with van der Waals surface area (Å²) in [5.74, 6) is -0.158. The Bertz CT molecular complexity index is 691. The van der Waals surface area contributed by atoms with Gasteiger partial charge in [0.2, 0.25) is 0 Å². The van der Waals surface area contributed by atoms with E-state index in [1.807, 2.05) is 0 Å². The Labute approximate surface area is 139 Å². The summed E-state index contributed by atoms with van der Waals surface area (Å²) in [4.78, 5) is 3.66. The number of nitrogens with zero attached hydrogens (tertiary/aromatic N) is 12. The number of hydrogen-bond acceptors (Lipinski definition) is 12. The molecule has 15 nitrogen and oxygen atoms in total. The molecule has 0 saturated carbocycles. The van der Waals surface area contributed by atoms with Crippen molar-refractivity contribution < 1.29 is 15.3 Å². The van der Waals surface area contributed by atoms with Crippen molar-refractivity contribution >= 4 is 0 Å². The molecule has 0 spiro atoms. The van der Waals surface area contributed by atoms with Crippen LogP contribution in [0, 0.1) is 0 Å². The second-order valence-electron chi connectivity index (χ2n) is 4.83. The third-order valence-corrected chi connectivity index (χ3v) is 3.08. The SMILES string of the molecule is OCCn1nnc(C(c2nnn(CCO)n2)c2nnn(CCO)n2)n1. The van der Waals surface area contributed by atoms with Crippen LogP contribution >= 0.6 is 0 Å². The van der Waals surface area contributed by atoms with E-state index in [1.54, 1.807) is 0 Å². The van der Waals surface area contributed by atoms with Crippen molar-refractivity contribution in [1.82, 2.24) is 60.6 Å². The summed E-state index contributed by atoms with van der Waals surface area (Å²) in [5, 5.41) is 62.7. The molecule has 0 amide bonds. The topological polar surface area (TPSA) is 191 Å². The van der Waals surface area contributed by atoms with Crippen molar-refractivity contribution in [2.45, 2.75) is 25.6 Å². The third kappa shape index (κ3) is 3.78. The molecule has 3 aromatic heterocycles. The lowest BCUT2D eigenvalue weighted by Gasteiger charge is -2.03. The second-order valence-corrected chi connectivity index (χ2v) is 4.83. The van der Waals surface area contributed by atoms with Crippen LogP contribution in [0.2, 0.25) is 0 Å². The number of hydrogen-bond donors (Lipinski definition) is 3. The minimum atomic E-state index is -0.785. The maximum Gasteiger partial charge on any atom is 0.193 e. The fraction of sp³-hybridized carbons (Fsp3) is 0.700. The van der Waals surface area contributed by atoms with Crippen LogP contribution < -0.4 is 0 Å². The smallest absolute Gasteiger partial charge is 0.193 e. The Kier molecular flexibility index (Phi) is 5.26. The van der Waals surface area contributed by atoms with E-state index in [1.165, 1.54) is 14.4 Å². The van der Waals surface area contributed by atoms with Gasteiger partial charge in [0.05, 0.1) is 39.5 Å². The van der Waals surface area contributed by atoms with E-state index in [-0.39, 0.29) is 56.9 Å². The van der Waals surface area contributed by atoms with Crippen molar-refractivity contribution in [1.29, 1.82) is 0 Å². The predicted molar refractivity (Wildman–Crippen MR) is 75.7 cm³/mol. The number of aliphatic hydroxyl groups is 3. The number of rotatable bonds is 9. The molecular formula is C10H16N12O3. The first-order valence-corrected chi connectivity index (χ1v) is 7.41. The van der Waals surface area contributed by atoms with Gasteiger partial charge in [0.1, 0.15) is 0 Å². The molecule has 0 aliphatic heterocycles. The molecule has 3 N–H and O–H groups in total. The van der Waals surface area contributed by atoms with Crippen LogP contribution in [0.5, 0.6) is 0 Å². The van der Waals surface area contributed by atoms with Gasteiger partial charge in [0.25, 0.3) is 0 Å². The molecule has 0 aromatic carbocycles. The molecule has 3 heterocycles. The van der Waals surface area contributed by atoms with E-state index in [9.17, 15) is 0 Å². The maximum absolute atomic E-state index is 8.97. The molecule has 25 heavy (non-hydrogen) atoms. The van der Waals surface area contributed by atoms with Crippen LogP contribution in [0.25, 0.3) is 0 Å². The van der Waals surface area contributed by atoms with Crippen molar-refractivity contribution in [3.05, 3.63) is 17.5 Å². The fourth-order valence-electron chi connectivity index (χ4n) is 2.01. The summed E-state index contributed by atoms with van der Waals surface area (Å²) < 4.78 is 0. The Morgan fingerprint density at radius 2 is 0.920 bits per heavy atom. The number of aliphatic hydroxyl groups excluding tert-OH is 3. The van der Waals surface area contributed by atoms with E-state index in [0.717, 1.165) is 0 Å². The summed E-state index contributed by atoms with van der Waals surface area (Å²) in [6.07, 6.45) is 0. The summed E-state index contributed by atoms with van der Waals surface area (Å²) in [7, 11) is 0. The van der Waals surface area contributed by atoms with Crippen molar-refractivity contribution in [3.8, 4) is 0 Å². The Morgan fingerprint density at radius 3 is 1.20 bits per heavy atom. The first kappa shape index (κ1) is 16.9. The number of aromatic nitrogens is 12. The highest BCUT2D eigenvalue weighted by Crippen LogP contribution is 2.22. The summed E-state index contributed by atoms with van der Waals surface area (Å²) in [5.41, 5.74) is 0. The van der Waals surface area contributed by atoms with E-state index in [4.69, 9.17) is 15.3 Å². The van der Waals surface area contributed by atoms with Crippen LogP contribution in [-0.2, 0) is 19.6 Å². The van der Waals surface area contributed by atoms with Gasteiger partial charge in [0, 0.05) is 0 Å². The van der Waals surface area contributed by atoms with Gasteiger partial charge in [-0.1, -0.05) is 0 Å². The molecule has 15 heteroatoms. The molecule has 134 valence electrons. The minimum absolute atomic E-state index is 0.143. The van der Waals surface area contributed by atoms with E-state index in [0.29, 0.717) is 0 Å². The molecule has 0 radical (unpaired) electrons. The largest absolute Gasteiger partial charge is 0.394 e. The normalized spacial score (nSPS) is 11.5. The van der Waals surface area contributed by atoms with Crippen molar-refractivity contribution in [2.24, 2.45) is 0 Å². The molecular weight excluding hydrogens is 336 g/mol. The minimum Gasteiger partial charge on any atom is -0.394 e. The molecule has 3 rings (SSSR count). The van der Waals surface area contributed by atoms with Gasteiger partial charge >= 0.3 is 0 Å². The second kappa shape index (κ2) is 7.77. The molecule has 0 atom stereocenters. The molecule has 0 fully saturated rings. The average Bonchev–Trinajstić information content (AvgIpc) is 3.32. The van der Waals surface area contributed by atoms with Crippen LogP contribution in [0.3, 0.4) is 0 Å². The fourth-order valence-corrected chi connectivity index (χ4v) is 2.01. The zero-order valence-corrected chi connectivity index (χ0v) is 13.0. The van der Waals surface area contributed by atoms with Crippen LogP contribution in [0.4, 0.5) is 0 Å². The molecule has 0 unspecified atom stereocenters. The lowest BCUT2D eigenvalue weighted by atomic mass is 10.1. The van der Waals surface area contributed by atoms with E-state index >= 15 is 0 Å². The summed E-state index contributed by atoms with van der Waals surface area (Å²) in [6, 6.07) is 0. The quantitative estimate of drug-likeness (QED) is 0.337. The predicted octanol–water partition coefficient (Wildman–Crippen LogP) is -4.20. The summed E-state index contributed by atoms with van der Waals surface area (Å²) in [6.45, 7) is 0.0992. The van der Waals surface area contributed by atoms with Gasteiger partial charge in [-0.3, -0.25) is 0 Å². The first-order chi connectivity index (χ1) is 12.2. The highest BCUT2D eigenvalue weighted by Gasteiger charge is 2.31. The zero-order chi connectivity index (χ0) is 17.6. The van der Waals surface area contributed by atoms with Crippen LogP contribution in [0.15, 0.2) is 0 Å². The van der Waals surface area contributed by atoms with Gasteiger partial charge in [-0.15, -0.1) is 30.6 Å². The third-order valence-electron chi connectivity index (χ3n) is 3.08. The van der Waals surface area contributed by atoms with Gasteiger partial charge in [-0.2, -0.15) is 14.4 Å². The highest BCUT2D eigenvalue weighted by molar-refractivity contribution is 5.18. The van der Waals surface area contributed by atoms with Gasteiger partial charge in [-0.05, 0) is 15.6 Å². The Balaban J connectivity index is 1.96. The monoisotopic (exact) mass is 352 g/mol. The van der Waals surface area contributed by atoms with E-state index in [2.05, 4.69) is 46.2 Å². The zero-order valence-electron chi connectivity index (χ0n) is 13.0. The van der Waals surface area contributed by atoms with Crippen molar-refractivity contribution in [3.63, 3.8) is 0 Å². The van der Waals surface area contributed by atoms with Gasteiger partial charge < -0.3 is 15.3 Å². The first-order valence-electron chi connectivity index (χ1n) is 7.41. The standard InChI is InChI=1S/C10H16N12O3/c23-4-1-20-14-8(11-17-20)7(9-12-18-21(15-9)2-5-24)10-13-19-22(16-10)3-6-25/h7,23-25H,1-6H2. The molecule has 0 saturated heterocycles. The van der Waals surface area contributed by atoms with Crippen LogP contribution in [0.1, 0.15) is 23.4 Å². The Hall–Kier alpha value is -2.91. The lowest BCUT2D eigenvalue weighted by Crippen LogP contribution is -2.13. The maximum atomic E-state index is 8.97. The van der Waals surface area contributed by atoms with Gasteiger partial charge in [0.15, 0.2) is 23.4 Å². The number of tetrazole rings is 3. The van der Waals surface area contributed by atoms with Gasteiger partial charge in [-0.25, -0.2) is 0 Å². The molecule has 0 bridgehead atoms. The summed E-state index contributed by atoms with van der Waals surface area (Å²) >= 11 is 0. The van der Waals surface area contributed by atoms with E-state index < -0.39 is 5.92 Å². The van der Waals surface area contributed by atoms with Crippen LogP contribution in [-0.4, -0.2) is 95.8 Å². The lowest BCUT2D eigenvalue weighted by molar-refractivity contribution is 0.259. The molecule has 3 aromatic rings. The molecule has 0 aliphatic carbocycles. The Morgan fingerprint density at radius 1 is 0.600 bits per heavy atom.